The van der Waals surface area contributed by atoms with E-state index < -0.39 is 0 Å². The van der Waals surface area contributed by atoms with Gasteiger partial charge in [-0.2, -0.15) is 0 Å². The molecule has 1 saturated carbocycles. The molecule has 2 heteroatoms. The molecule has 0 bridgehead atoms. The summed E-state index contributed by atoms with van der Waals surface area (Å²) in [4.78, 5) is 2.23. The number of hydrogen-bond donors (Lipinski definition) is 0. The van der Waals surface area contributed by atoms with Crippen LogP contribution in [0.4, 0.5) is 0 Å². The fourth-order valence-corrected chi connectivity index (χ4v) is 2.23. The zero-order valence-electron chi connectivity index (χ0n) is 6.68. The summed E-state index contributed by atoms with van der Waals surface area (Å²) in [5.41, 5.74) is 1.60. The first kappa shape index (κ1) is 8.84. The van der Waals surface area contributed by atoms with Crippen molar-refractivity contribution in [3.05, 3.63) is 11.6 Å². The molecule has 0 aromatic heterocycles. The molecule has 0 radical (unpaired) electrons. The Hall–Kier alpha value is -0.251. The Morgan fingerprint density at radius 2 is 2.09 bits per heavy atom. The molecule has 0 amide bonds. The van der Waals surface area contributed by atoms with Crippen LogP contribution in [0.15, 0.2) is 11.6 Å². The Bertz CT molecular complexity index is 170. The average molecular weight is 214 g/mol. The molecule has 0 atom stereocenters. The topological polar surface area (TPSA) is 23.8 Å². The zero-order valence-corrected chi connectivity index (χ0v) is 8.39. The van der Waals surface area contributed by atoms with Crippen molar-refractivity contribution < 1.29 is 0 Å². The number of nitrogens with zero attached hydrogens (tertiary/aromatic N) is 1. The quantitative estimate of drug-likeness (QED) is 0.393. The van der Waals surface area contributed by atoms with Crippen LogP contribution in [-0.2, 0) is 0 Å². The van der Waals surface area contributed by atoms with Gasteiger partial charge in [-0.15, -0.1) is 0 Å². The number of allylic oxidation sites excluding steroid dienone is 2. The van der Waals surface area contributed by atoms with Crippen LogP contribution in [-0.4, -0.2) is 15.0 Å². The van der Waals surface area contributed by atoms with Gasteiger partial charge >= 0.3 is 74.3 Å². The first-order valence-corrected chi connectivity index (χ1v) is 6.19. The van der Waals surface area contributed by atoms with Crippen molar-refractivity contribution in [2.75, 3.05) is 0 Å². The van der Waals surface area contributed by atoms with E-state index in [1.165, 1.54) is 32.1 Å². The summed E-state index contributed by atoms with van der Waals surface area (Å²) in [6, 6.07) is 0. The normalized spacial score (nSPS) is 17.5. The molecule has 1 fully saturated rings. The first-order chi connectivity index (χ1) is 5.43. The summed E-state index contributed by atoms with van der Waals surface area (Å²) in [6.07, 6.45) is 9.02. The van der Waals surface area contributed by atoms with Gasteiger partial charge in [-0.1, -0.05) is 0 Å². The van der Waals surface area contributed by atoms with Gasteiger partial charge in [0.05, 0.1) is 0 Å². The van der Waals surface area contributed by atoms with E-state index in [1.54, 1.807) is 5.57 Å². The fraction of sp³-hybridized carbons (Fsp3) is 0.667. The van der Waals surface area contributed by atoms with Crippen LogP contribution in [0.3, 0.4) is 0 Å². The molecule has 0 saturated heterocycles. The van der Waals surface area contributed by atoms with E-state index >= 15 is 0 Å². The van der Waals surface area contributed by atoms with Gasteiger partial charge in [-0.3, -0.25) is 0 Å². The SMILES string of the molecule is N#C[Se]CC=C1CCCCC1. The third-order valence-electron chi connectivity index (χ3n) is 2.02. The molecule has 11 heavy (non-hydrogen) atoms. The van der Waals surface area contributed by atoms with Crippen molar-refractivity contribution in [3.8, 4) is 4.97 Å². The second kappa shape index (κ2) is 5.41. The Morgan fingerprint density at radius 3 is 2.73 bits per heavy atom. The van der Waals surface area contributed by atoms with Gasteiger partial charge in [-0.05, 0) is 0 Å². The van der Waals surface area contributed by atoms with Crippen molar-refractivity contribution in [3.63, 3.8) is 0 Å². The molecule has 1 aliphatic carbocycles. The van der Waals surface area contributed by atoms with E-state index in [9.17, 15) is 0 Å². The molecule has 1 rings (SSSR count). The van der Waals surface area contributed by atoms with Gasteiger partial charge in [0.1, 0.15) is 0 Å². The predicted octanol–water partition coefficient (Wildman–Crippen LogP) is 2.48. The van der Waals surface area contributed by atoms with E-state index in [-0.39, 0.29) is 15.0 Å². The third kappa shape index (κ3) is 3.60. The van der Waals surface area contributed by atoms with Crippen LogP contribution in [0.1, 0.15) is 32.1 Å². The van der Waals surface area contributed by atoms with Crippen molar-refractivity contribution >= 4 is 15.0 Å². The van der Waals surface area contributed by atoms with Crippen LogP contribution in [0.5, 0.6) is 0 Å². The number of nitriles is 1. The minimum atomic E-state index is 0.199. The summed E-state index contributed by atoms with van der Waals surface area (Å²) in [5.74, 6) is 0. The van der Waals surface area contributed by atoms with Crippen LogP contribution in [0.2, 0.25) is 5.32 Å². The first-order valence-electron chi connectivity index (χ1n) is 4.12. The summed E-state index contributed by atoms with van der Waals surface area (Å²) < 4.78 is 0. The maximum absolute atomic E-state index is 8.34. The molecule has 0 N–H and O–H groups in total. The van der Waals surface area contributed by atoms with Crippen molar-refractivity contribution in [1.82, 2.24) is 0 Å². The van der Waals surface area contributed by atoms with Gasteiger partial charge in [-0.25, -0.2) is 0 Å². The van der Waals surface area contributed by atoms with Crippen molar-refractivity contribution in [1.29, 1.82) is 5.26 Å². The molecule has 1 nitrogen and oxygen atoms in total. The molecular weight excluding hydrogens is 201 g/mol. The molecule has 0 spiro atoms. The van der Waals surface area contributed by atoms with Gasteiger partial charge in [0, 0.05) is 0 Å². The zero-order chi connectivity index (χ0) is 7.94. The molecule has 0 heterocycles. The van der Waals surface area contributed by atoms with Crippen LogP contribution < -0.4 is 0 Å². The van der Waals surface area contributed by atoms with E-state index in [1.807, 2.05) is 0 Å². The van der Waals surface area contributed by atoms with Crippen molar-refractivity contribution in [2.24, 2.45) is 0 Å². The number of rotatable bonds is 2. The second-order valence-corrected chi connectivity index (χ2v) is 4.51. The summed E-state index contributed by atoms with van der Waals surface area (Å²) in [5, 5.41) is 9.37. The van der Waals surface area contributed by atoms with E-state index in [2.05, 4.69) is 11.0 Å². The summed E-state index contributed by atoms with van der Waals surface area (Å²) >= 11 is 0.199. The third-order valence-corrected chi connectivity index (χ3v) is 2.99. The van der Waals surface area contributed by atoms with Crippen LogP contribution >= 0.6 is 0 Å². The molecule has 0 aliphatic heterocycles. The van der Waals surface area contributed by atoms with Crippen molar-refractivity contribution in [2.45, 2.75) is 37.4 Å². The summed E-state index contributed by atoms with van der Waals surface area (Å²) in [7, 11) is 0. The molecule has 60 valence electrons. The average Bonchev–Trinajstić information content (AvgIpc) is 2.07. The fourth-order valence-electron chi connectivity index (χ4n) is 1.41. The minimum absolute atomic E-state index is 0.199. The standard InChI is InChI=1S/C9H13NSe/c10-8-11-7-6-9-4-2-1-3-5-9/h6H,1-5,7H2. The Morgan fingerprint density at radius 1 is 1.36 bits per heavy atom. The van der Waals surface area contributed by atoms with Gasteiger partial charge in [0.25, 0.3) is 0 Å². The predicted molar refractivity (Wildman–Crippen MR) is 47.3 cm³/mol. The maximum atomic E-state index is 8.34. The van der Waals surface area contributed by atoms with Crippen LogP contribution in [0.25, 0.3) is 0 Å². The number of hydrogen-bond acceptors (Lipinski definition) is 1. The van der Waals surface area contributed by atoms with E-state index in [0.717, 1.165) is 5.32 Å². The molecule has 0 aromatic carbocycles. The monoisotopic (exact) mass is 215 g/mol. The van der Waals surface area contributed by atoms with Gasteiger partial charge in [0.2, 0.25) is 0 Å². The molecular formula is C9H13NSe. The Balaban J connectivity index is 2.22. The second-order valence-electron chi connectivity index (χ2n) is 2.83. The van der Waals surface area contributed by atoms with E-state index in [0.29, 0.717) is 0 Å². The molecule has 1 aliphatic rings. The van der Waals surface area contributed by atoms with E-state index in [4.69, 9.17) is 5.26 Å². The van der Waals surface area contributed by atoms with Gasteiger partial charge in [0.15, 0.2) is 0 Å². The van der Waals surface area contributed by atoms with Gasteiger partial charge < -0.3 is 0 Å². The molecule has 0 aromatic rings. The van der Waals surface area contributed by atoms with Crippen LogP contribution in [0, 0.1) is 10.2 Å². The molecule has 0 unspecified atom stereocenters. The Kier molecular flexibility index (Phi) is 4.35. The summed E-state index contributed by atoms with van der Waals surface area (Å²) in [6.45, 7) is 0. The Labute approximate surface area is 74.6 Å².